The third-order valence-electron chi connectivity index (χ3n) is 3.59. The van der Waals surface area contributed by atoms with Gasteiger partial charge in [0.05, 0.1) is 12.7 Å². The summed E-state index contributed by atoms with van der Waals surface area (Å²) < 4.78 is 5.23. The molecule has 2 unspecified atom stereocenters. The number of nitrogens with one attached hydrogen (secondary N) is 1. The van der Waals surface area contributed by atoms with E-state index in [9.17, 15) is 4.79 Å². The molecular weight excluding hydrogens is 204 g/mol. The number of amides is 1. The van der Waals surface area contributed by atoms with Gasteiger partial charge in [0.1, 0.15) is 6.04 Å². The lowest BCUT2D eigenvalue weighted by atomic mass is 9.82. The Morgan fingerprint density at radius 1 is 1.50 bits per heavy atom. The lowest BCUT2D eigenvalue weighted by Crippen LogP contribution is -2.40. The Morgan fingerprint density at radius 3 is 2.81 bits per heavy atom. The Morgan fingerprint density at radius 2 is 2.31 bits per heavy atom. The fraction of sp³-hybridized carbons (Fsp3) is 0.833. The van der Waals surface area contributed by atoms with Crippen LogP contribution in [0.5, 0.6) is 0 Å². The van der Waals surface area contributed by atoms with Crippen LogP contribution in [0.25, 0.3) is 0 Å². The molecular formula is C12H18N2O2. The van der Waals surface area contributed by atoms with Crippen LogP contribution in [0.3, 0.4) is 0 Å². The maximum Gasteiger partial charge on any atom is 0.221 e. The number of ether oxygens (including phenoxy) is 1. The molecule has 2 rings (SSSR count). The van der Waals surface area contributed by atoms with E-state index in [1.54, 1.807) is 0 Å². The van der Waals surface area contributed by atoms with Crippen LogP contribution in [0.1, 0.15) is 32.1 Å². The van der Waals surface area contributed by atoms with Crippen molar-refractivity contribution < 1.29 is 9.53 Å². The summed E-state index contributed by atoms with van der Waals surface area (Å²) in [7, 11) is 0. The van der Waals surface area contributed by atoms with E-state index in [-0.39, 0.29) is 17.9 Å². The first-order valence-corrected chi connectivity index (χ1v) is 6.06. The molecule has 88 valence electrons. The minimum Gasteiger partial charge on any atom is -0.381 e. The number of rotatable bonds is 4. The quantitative estimate of drug-likeness (QED) is 0.778. The average Bonchev–Trinajstić information content (AvgIpc) is 2.73. The van der Waals surface area contributed by atoms with Crippen molar-refractivity contribution in [3.05, 3.63) is 0 Å². The SMILES string of the molecule is N#CC(NC(=O)CC1CCC1)C1CCOC1. The van der Waals surface area contributed by atoms with Crippen LogP contribution in [-0.2, 0) is 9.53 Å². The highest BCUT2D eigenvalue weighted by Gasteiger charge is 2.28. The fourth-order valence-electron chi connectivity index (χ4n) is 2.26. The molecule has 4 nitrogen and oxygen atoms in total. The van der Waals surface area contributed by atoms with E-state index in [1.807, 2.05) is 0 Å². The van der Waals surface area contributed by atoms with E-state index in [2.05, 4.69) is 11.4 Å². The second-order valence-electron chi connectivity index (χ2n) is 4.80. The number of hydrogen-bond acceptors (Lipinski definition) is 3. The maximum atomic E-state index is 11.7. The van der Waals surface area contributed by atoms with Gasteiger partial charge in [0.2, 0.25) is 5.91 Å². The monoisotopic (exact) mass is 222 g/mol. The van der Waals surface area contributed by atoms with Crippen molar-refractivity contribution >= 4 is 5.91 Å². The van der Waals surface area contributed by atoms with Gasteiger partial charge in [-0.3, -0.25) is 4.79 Å². The summed E-state index contributed by atoms with van der Waals surface area (Å²) in [6.07, 6.45) is 5.04. The highest BCUT2D eigenvalue weighted by Crippen LogP contribution is 2.29. The summed E-state index contributed by atoms with van der Waals surface area (Å²) in [5.74, 6) is 0.762. The number of nitrogens with zero attached hydrogens (tertiary/aromatic N) is 1. The molecule has 0 aromatic heterocycles. The Hall–Kier alpha value is -1.08. The molecule has 2 aliphatic rings. The second-order valence-corrected chi connectivity index (χ2v) is 4.80. The molecule has 1 amide bonds. The highest BCUT2D eigenvalue weighted by molar-refractivity contribution is 5.77. The van der Waals surface area contributed by atoms with E-state index in [0.717, 1.165) is 19.3 Å². The molecule has 2 atom stereocenters. The summed E-state index contributed by atoms with van der Waals surface area (Å²) in [6, 6.07) is 1.81. The van der Waals surface area contributed by atoms with Gasteiger partial charge in [0.15, 0.2) is 0 Å². The second kappa shape index (κ2) is 5.31. The van der Waals surface area contributed by atoms with Gasteiger partial charge in [0, 0.05) is 18.9 Å². The van der Waals surface area contributed by atoms with E-state index in [0.29, 0.717) is 25.6 Å². The van der Waals surface area contributed by atoms with Crippen LogP contribution in [0, 0.1) is 23.2 Å². The molecule has 0 bridgehead atoms. The van der Waals surface area contributed by atoms with Crippen molar-refractivity contribution in [1.82, 2.24) is 5.32 Å². The van der Waals surface area contributed by atoms with Crippen LogP contribution < -0.4 is 5.32 Å². The molecule has 16 heavy (non-hydrogen) atoms. The molecule has 0 radical (unpaired) electrons. The summed E-state index contributed by atoms with van der Waals surface area (Å²) >= 11 is 0. The summed E-state index contributed by atoms with van der Waals surface area (Å²) in [4.78, 5) is 11.7. The minimum atomic E-state index is -0.366. The van der Waals surface area contributed by atoms with Crippen molar-refractivity contribution in [3.8, 4) is 6.07 Å². The van der Waals surface area contributed by atoms with E-state index in [1.165, 1.54) is 6.42 Å². The van der Waals surface area contributed by atoms with Gasteiger partial charge >= 0.3 is 0 Å². The van der Waals surface area contributed by atoms with Gasteiger partial charge in [-0.15, -0.1) is 0 Å². The fourth-order valence-corrected chi connectivity index (χ4v) is 2.26. The summed E-state index contributed by atoms with van der Waals surface area (Å²) in [5, 5.41) is 11.8. The first-order chi connectivity index (χ1) is 7.79. The third kappa shape index (κ3) is 2.73. The molecule has 4 heteroatoms. The topological polar surface area (TPSA) is 62.1 Å². The van der Waals surface area contributed by atoms with Crippen molar-refractivity contribution in [2.75, 3.05) is 13.2 Å². The number of carbonyl (C=O) groups excluding carboxylic acids is 1. The first kappa shape index (κ1) is 11.4. The standard InChI is InChI=1S/C12H18N2O2/c13-7-11(10-4-5-16-8-10)14-12(15)6-9-2-1-3-9/h9-11H,1-6,8H2,(H,14,15). The van der Waals surface area contributed by atoms with E-state index < -0.39 is 0 Å². The Balaban J connectivity index is 1.76. The summed E-state index contributed by atoms with van der Waals surface area (Å²) in [6.45, 7) is 1.31. The van der Waals surface area contributed by atoms with Crippen LogP contribution in [0.2, 0.25) is 0 Å². The van der Waals surface area contributed by atoms with Crippen molar-refractivity contribution in [2.24, 2.45) is 11.8 Å². The lowest BCUT2D eigenvalue weighted by Gasteiger charge is -2.25. The van der Waals surface area contributed by atoms with Gasteiger partial charge in [-0.25, -0.2) is 0 Å². The molecule has 1 saturated heterocycles. The van der Waals surface area contributed by atoms with Crippen LogP contribution in [0.4, 0.5) is 0 Å². The van der Waals surface area contributed by atoms with Crippen molar-refractivity contribution in [1.29, 1.82) is 5.26 Å². The zero-order valence-electron chi connectivity index (χ0n) is 9.45. The van der Waals surface area contributed by atoms with E-state index in [4.69, 9.17) is 10.00 Å². The van der Waals surface area contributed by atoms with Gasteiger partial charge in [0.25, 0.3) is 0 Å². The molecule has 1 heterocycles. The van der Waals surface area contributed by atoms with Gasteiger partial charge in [-0.05, 0) is 25.2 Å². The molecule has 1 N–H and O–H groups in total. The predicted octanol–water partition coefficient (Wildman–Crippen LogP) is 1.22. The normalized spacial score (nSPS) is 26.8. The zero-order valence-corrected chi connectivity index (χ0v) is 9.45. The summed E-state index contributed by atoms with van der Waals surface area (Å²) in [5.41, 5.74) is 0. The number of nitriles is 1. The maximum absolute atomic E-state index is 11.7. The molecule has 1 aliphatic carbocycles. The highest BCUT2D eigenvalue weighted by atomic mass is 16.5. The molecule has 1 aliphatic heterocycles. The Bertz CT molecular complexity index is 288. The Kier molecular flexibility index (Phi) is 3.79. The Labute approximate surface area is 96.0 Å². The van der Waals surface area contributed by atoms with Gasteiger partial charge in [-0.2, -0.15) is 5.26 Å². The predicted molar refractivity (Wildman–Crippen MR) is 58.4 cm³/mol. The zero-order chi connectivity index (χ0) is 11.4. The number of hydrogen-bond donors (Lipinski definition) is 1. The van der Waals surface area contributed by atoms with Gasteiger partial charge < -0.3 is 10.1 Å². The molecule has 0 aromatic rings. The minimum absolute atomic E-state index is 0.0307. The lowest BCUT2D eigenvalue weighted by molar-refractivity contribution is -0.123. The van der Waals surface area contributed by atoms with Crippen LogP contribution in [-0.4, -0.2) is 25.2 Å². The van der Waals surface area contributed by atoms with Gasteiger partial charge in [-0.1, -0.05) is 6.42 Å². The molecule has 2 fully saturated rings. The molecule has 0 aromatic carbocycles. The third-order valence-corrected chi connectivity index (χ3v) is 3.59. The van der Waals surface area contributed by atoms with E-state index >= 15 is 0 Å². The molecule has 1 saturated carbocycles. The van der Waals surface area contributed by atoms with Crippen molar-refractivity contribution in [3.63, 3.8) is 0 Å². The van der Waals surface area contributed by atoms with Crippen molar-refractivity contribution in [2.45, 2.75) is 38.1 Å². The first-order valence-electron chi connectivity index (χ1n) is 6.06. The molecule has 0 spiro atoms. The van der Waals surface area contributed by atoms with Crippen LogP contribution in [0.15, 0.2) is 0 Å². The smallest absolute Gasteiger partial charge is 0.221 e. The van der Waals surface area contributed by atoms with Crippen LogP contribution >= 0.6 is 0 Å². The number of carbonyl (C=O) groups is 1. The largest absolute Gasteiger partial charge is 0.381 e. The average molecular weight is 222 g/mol.